The topological polar surface area (TPSA) is 56.1 Å². The summed E-state index contributed by atoms with van der Waals surface area (Å²) in [4.78, 5) is 12.9. The van der Waals surface area contributed by atoms with E-state index in [1.54, 1.807) is 11.8 Å². The molecule has 5 heteroatoms. The molecule has 0 spiro atoms. The van der Waals surface area contributed by atoms with Gasteiger partial charge < -0.3 is 10.1 Å². The Hall–Kier alpha value is -2.30. The molecule has 1 heterocycles. The van der Waals surface area contributed by atoms with E-state index in [4.69, 9.17) is 4.74 Å². The molecule has 0 unspecified atom stereocenters. The molecular formula is C18H23N3O2. The molecule has 5 nitrogen and oxygen atoms in total. The minimum absolute atomic E-state index is 0.00641. The van der Waals surface area contributed by atoms with E-state index in [2.05, 4.69) is 17.3 Å². The predicted octanol–water partition coefficient (Wildman–Crippen LogP) is 2.73. The monoisotopic (exact) mass is 313 g/mol. The number of hydrogen-bond donors (Lipinski definition) is 1. The van der Waals surface area contributed by atoms with Crippen LogP contribution in [-0.4, -0.2) is 22.8 Å². The highest BCUT2D eigenvalue weighted by molar-refractivity contribution is 5.91. The van der Waals surface area contributed by atoms with Crippen molar-refractivity contribution in [2.24, 2.45) is 7.05 Å². The molecule has 1 aromatic heterocycles. The number of benzene rings is 1. The number of nitrogens with zero attached hydrogens (tertiary/aromatic N) is 2. The Morgan fingerprint density at radius 2 is 2.09 bits per heavy atom. The summed E-state index contributed by atoms with van der Waals surface area (Å²) in [6.45, 7) is 2.07. The zero-order valence-corrected chi connectivity index (χ0v) is 13.9. The fourth-order valence-electron chi connectivity index (χ4n) is 3.02. The molecule has 1 aromatic carbocycles. The Balaban J connectivity index is 1.76. The summed E-state index contributed by atoms with van der Waals surface area (Å²) in [7, 11) is 3.53. The minimum Gasteiger partial charge on any atom is -0.497 e. The van der Waals surface area contributed by atoms with Gasteiger partial charge in [0.25, 0.3) is 0 Å². The predicted molar refractivity (Wildman–Crippen MR) is 88.3 cm³/mol. The lowest BCUT2D eigenvalue weighted by molar-refractivity contribution is -0.124. The van der Waals surface area contributed by atoms with E-state index in [0.29, 0.717) is 0 Å². The second kappa shape index (κ2) is 6.07. The SMILES string of the molecule is CC[C@@H](NC(=O)C1(c2ccc(OC)cc2)CC1)c1cnn(C)c1. The highest BCUT2D eigenvalue weighted by Crippen LogP contribution is 2.49. The average molecular weight is 313 g/mol. The molecule has 1 saturated carbocycles. The average Bonchev–Trinajstić information content (AvgIpc) is 3.28. The minimum atomic E-state index is -0.373. The van der Waals surface area contributed by atoms with Crippen LogP contribution in [0.5, 0.6) is 5.75 Å². The first-order chi connectivity index (χ1) is 11.1. The van der Waals surface area contributed by atoms with Crippen molar-refractivity contribution in [3.05, 3.63) is 47.8 Å². The van der Waals surface area contributed by atoms with E-state index < -0.39 is 0 Å². The Kier molecular flexibility index (Phi) is 4.11. The van der Waals surface area contributed by atoms with Gasteiger partial charge in [0.05, 0.1) is 24.8 Å². The summed E-state index contributed by atoms with van der Waals surface area (Å²) < 4.78 is 6.96. The summed E-state index contributed by atoms with van der Waals surface area (Å²) in [5, 5.41) is 7.40. The molecule has 0 aliphatic heterocycles. The van der Waals surface area contributed by atoms with E-state index in [1.165, 1.54) is 0 Å². The van der Waals surface area contributed by atoms with Crippen LogP contribution in [0.1, 0.15) is 43.4 Å². The van der Waals surface area contributed by atoms with Gasteiger partial charge in [-0.05, 0) is 37.0 Å². The molecule has 2 aromatic rings. The largest absolute Gasteiger partial charge is 0.497 e. The Bertz CT molecular complexity index is 687. The molecule has 0 radical (unpaired) electrons. The maximum absolute atomic E-state index is 12.9. The van der Waals surface area contributed by atoms with Crippen LogP contribution in [0.4, 0.5) is 0 Å². The number of rotatable bonds is 6. The lowest BCUT2D eigenvalue weighted by atomic mass is 9.94. The molecule has 23 heavy (non-hydrogen) atoms. The van der Waals surface area contributed by atoms with Crippen LogP contribution < -0.4 is 10.1 Å². The van der Waals surface area contributed by atoms with Crippen LogP contribution in [0.3, 0.4) is 0 Å². The lowest BCUT2D eigenvalue weighted by Gasteiger charge is -2.21. The maximum atomic E-state index is 12.9. The van der Waals surface area contributed by atoms with Gasteiger partial charge in [-0.1, -0.05) is 19.1 Å². The van der Waals surface area contributed by atoms with E-state index in [-0.39, 0.29) is 17.4 Å². The first-order valence-corrected chi connectivity index (χ1v) is 8.03. The van der Waals surface area contributed by atoms with Gasteiger partial charge in [-0.25, -0.2) is 0 Å². The molecule has 122 valence electrons. The third kappa shape index (κ3) is 2.96. The number of ether oxygens (including phenoxy) is 1. The van der Waals surface area contributed by atoms with Crippen molar-refractivity contribution in [3.63, 3.8) is 0 Å². The fourth-order valence-corrected chi connectivity index (χ4v) is 3.02. The number of methoxy groups -OCH3 is 1. The Morgan fingerprint density at radius 1 is 1.39 bits per heavy atom. The molecular weight excluding hydrogens is 290 g/mol. The number of aromatic nitrogens is 2. The van der Waals surface area contributed by atoms with Crippen molar-refractivity contribution in [1.82, 2.24) is 15.1 Å². The standard InChI is InChI=1S/C18H23N3O2/c1-4-16(13-11-19-21(2)12-13)20-17(22)18(9-10-18)14-5-7-15(23-3)8-6-14/h5-8,11-12,16H,4,9-10H2,1-3H3,(H,20,22)/t16-/m1/s1. The third-order valence-corrected chi connectivity index (χ3v) is 4.67. The summed E-state index contributed by atoms with van der Waals surface area (Å²) in [6.07, 6.45) is 6.42. The summed E-state index contributed by atoms with van der Waals surface area (Å²) >= 11 is 0. The molecule has 1 N–H and O–H groups in total. The first kappa shape index (κ1) is 15.6. The van der Waals surface area contributed by atoms with Crippen LogP contribution in [0.15, 0.2) is 36.7 Å². The van der Waals surface area contributed by atoms with Crippen LogP contribution in [0, 0.1) is 0 Å². The quantitative estimate of drug-likeness (QED) is 0.892. The molecule has 1 amide bonds. The van der Waals surface area contributed by atoms with Gasteiger partial charge in [-0.3, -0.25) is 9.48 Å². The van der Waals surface area contributed by atoms with E-state index in [9.17, 15) is 4.79 Å². The molecule has 3 rings (SSSR count). The number of nitrogens with one attached hydrogen (secondary N) is 1. The van der Waals surface area contributed by atoms with Crippen molar-refractivity contribution >= 4 is 5.91 Å². The van der Waals surface area contributed by atoms with Crippen molar-refractivity contribution in [3.8, 4) is 5.75 Å². The van der Waals surface area contributed by atoms with Crippen molar-refractivity contribution in [2.45, 2.75) is 37.6 Å². The summed E-state index contributed by atoms with van der Waals surface area (Å²) in [5.74, 6) is 0.921. The van der Waals surface area contributed by atoms with E-state index in [1.807, 2.05) is 43.7 Å². The molecule has 1 fully saturated rings. The van der Waals surface area contributed by atoms with Crippen LogP contribution in [-0.2, 0) is 17.3 Å². The van der Waals surface area contributed by atoms with Crippen molar-refractivity contribution < 1.29 is 9.53 Å². The van der Waals surface area contributed by atoms with Gasteiger partial charge in [0.15, 0.2) is 0 Å². The number of amides is 1. The number of aryl methyl sites for hydroxylation is 1. The van der Waals surface area contributed by atoms with Gasteiger partial charge in [0.1, 0.15) is 5.75 Å². The summed E-state index contributed by atoms with van der Waals surface area (Å²) in [5.41, 5.74) is 1.74. The molecule has 0 saturated heterocycles. The number of hydrogen-bond acceptors (Lipinski definition) is 3. The molecule has 1 atom stereocenters. The Morgan fingerprint density at radius 3 is 2.57 bits per heavy atom. The van der Waals surface area contributed by atoms with Gasteiger partial charge >= 0.3 is 0 Å². The zero-order valence-electron chi connectivity index (χ0n) is 13.9. The van der Waals surface area contributed by atoms with Crippen LogP contribution >= 0.6 is 0 Å². The second-order valence-electron chi connectivity index (χ2n) is 6.19. The van der Waals surface area contributed by atoms with Crippen LogP contribution in [0.2, 0.25) is 0 Å². The molecule has 0 bridgehead atoms. The van der Waals surface area contributed by atoms with Crippen molar-refractivity contribution in [2.75, 3.05) is 7.11 Å². The van der Waals surface area contributed by atoms with E-state index >= 15 is 0 Å². The van der Waals surface area contributed by atoms with Gasteiger partial charge in [0, 0.05) is 18.8 Å². The summed E-state index contributed by atoms with van der Waals surface area (Å²) in [6, 6.07) is 7.83. The second-order valence-corrected chi connectivity index (χ2v) is 6.19. The smallest absolute Gasteiger partial charge is 0.231 e. The fraction of sp³-hybridized carbons (Fsp3) is 0.444. The van der Waals surface area contributed by atoms with E-state index in [0.717, 1.165) is 36.1 Å². The number of carbonyl (C=O) groups is 1. The maximum Gasteiger partial charge on any atom is 0.231 e. The van der Waals surface area contributed by atoms with Gasteiger partial charge in [-0.2, -0.15) is 5.10 Å². The highest BCUT2D eigenvalue weighted by atomic mass is 16.5. The normalized spacial score (nSPS) is 16.7. The highest BCUT2D eigenvalue weighted by Gasteiger charge is 2.51. The first-order valence-electron chi connectivity index (χ1n) is 8.03. The Labute approximate surface area is 136 Å². The molecule has 1 aliphatic carbocycles. The third-order valence-electron chi connectivity index (χ3n) is 4.67. The zero-order chi connectivity index (χ0) is 16.4. The van der Waals surface area contributed by atoms with Crippen molar-refractivity contribution in [1.29, 1.82) is 0 Å². The lowest BCUT2D eigenvalue weighted by Crippen LogP contribution is -2.37. The van der Waals surface area contributed by atoms with Gasteiger partial charge in [0.2, 0.25) is 5.91 Å². The number of carbonyl (C=O) groups excluding carboxylic acids is 1. The molecule has 1 aliphatic rings. The van der Waals surface area contributed by atoms with Crippen LogP contribution in [0.25, 0.3) is 0 Å². The van der Waals surface area contributed by atoms with Gasteiger partial charge in [-0.15, -0.1) is 0 Å².